The van der Waals surface area contributed by atoms with Crippen LogP contribution in [0.1, 0.15) is 55.8 Å². The maximum Gasteiger partial charge on any atom is 0.216 e. The normalized spacial score (nSPS) is 15.9. The van der Waals surface area contributed by atoms with Crippen molar-refractivity contribution in [2.45, 2.75) is 40.3 Å². The zero-order chi connectivity index (χ0) is 34.4. The van der Waals surface area contributed by atoms with Crippen molar-refractivity contribution in [2.24, 2.45) is 0 Å². The largest absolute Gasteiger partial charge is 0.486 e. The first-order chi connectivity index (χ1) is 21.8. The zero-order valence-electron chi connectivity index (χ0n) is 30.6. The van der Waals surface area contributed by atoms with Crippen molar-refractivity contribution in [3.05, 3.63) is 114 Å². The molecule has 1 radical (unpaired) electrons. The summed E-state index contributed by atoms with van der Waals surface area (Å²) in [7, 11) is 0. The second kappa shape index (κ2) is 11.8. The molecule has 0 unspecified atom stereocenters. The molecule has 4 nitrogen and oxygen atoms in total. The Hall–Kier alpha value is -3.66. The van der Waals surface area contributed by atoms with Gasteiger partial charge in [0.1, 0.15) is 0 Å². The molecule has 5 heteroatoms. The Morgan fingerprint density at radius 3 is 2.45 bits per heavy atom. The van der Waals surface area contributed by atoms with Gasteiger partial charge in [-0.05, 0) is 54.7 Å². The summed E-state index contributed by atoms with van der Waals surface area (Å²) in [6, 6.07) is 24.1. The van der Waals surface area contributed by atoms with Crippen LogP contribution in [-0.2, 0) is 20.1 Å². The summed E-state index contributed by atoms with van der Waals surface area (Å²) in [5.41, 5.74) is 4.51. The second-order valence-electron chi connectivity index (χ2n) is 8.60. The molecule has 0 aliphatic heterocycles. The van der Waals surface area contributed by atoms with E-state index in [4.69, 9.17) is 18.1 Å². The topological polar surface area (TPSA) is 51.8 Å². The van der Waals surface area contributed by atoms with Gasteiger partial charge in [-0.25, -0.2) is 4.98 Å². The first-order valence-electron chi connectivity index (χ1n) is 16.5. The third-order valence-electron chi connectivity index (χ3n) is 5.74. The van der Waals surface area contributed by atoms with E-state index in [1.54, 1.807) is 30.5 Å². The molecule has 0 aliphatic rings. The van der Waals surface area contributed by atoms with E-state index in [-0.39, 0.29) is 42.6 Å². The molecule has 38 heavy (non-hydrogen) atoms. The molecular weight excluding hydrogens is 647 g/mol. The Balaban J connectivity index is 0.000000222. The molecule has 6 rings (SSSR count). The maximum absolute atomic E-state index is 8.24. The molecule has 0 amide bonds. The molecule has 2 aromatic carbocycles. The van der Waals surface area contributed by atoms with Gasteiger partial charge < -0.3 is 14.4 Å². The maximum atomic E-state index is 8.24. The van der Waals surface area contributed by atoms with Crippen LogP contribution in [0.15, 0.2) is 83.5 Å². The van der Waals surface area contributed by atoms with Gasteiger partial charge in [-0.1, -0.05) is 55.4 Å². The van der Waals surface area contributed by atoms with Crippen LogP contribution in [0.2, 0.25) is 0 Å². The third kappa shape index (κ3) is 5.91. The number of hydrogen-bond acceptors (Lipinski definition) is 4. The van der Waals surface area contributed by atoms with Crippen LogP contribution < -0.4 is 0 Å². The Bertz CT molecular complexity index is 1970. The van der Waals surface area contributed by atoms with E-state index in [1.807, 2.05) is 32.0 Å². The summed E-state index contributed by atoms with van der Waals surface area (Å²) in [6.45, 7) is -3.00. The van der Waals surface area contributed by atoms with Crippen LogP contribution in [0.25, 0.3) is 44.6 Å². The monoisotopic (exact) mass is 686 g/mol. The molecule has 0 bridgehead atoms. The minimum absolute atomic E-state index is 0. The summed E-state index contributed by atoms with van der Waals surface area (Å²) < 4.78 is 80.4. The first-order valence-corrected chi connectivity index (χ1v) is 11.5. The van der Waals surface area contributed by atoms with E-state index in [1.165, 1.54) is 30.5 Å². The van der Waals surface area contributed by atoms with Crippen molar-refractivity contribution < 1.29 is 38.2 Å². The fraction of sp³-hybridized carbons (Fsp3) is 0.182. The molecule has 0 aliphatic carbocycles. The zero-order valence-corrected chi connectivity index (χ0v) is 23.0. The van der Waals surface area contributed by atoms with Gasteiger partial charge in [0, 0.05) is 57.3 Å². The number of aromatic nitrogens is 3. The van der Waals surface area contributed by atoms with Crippen LogP contribution in [0.3, 0.4) is 0 Å². The first kappa shape index (κ1) is 17.0. The van der Waals surface area contributed by atoms with E-state index < -0.39 is 26.4 Å². The fourth-order valence-corrected chi connectivity index (χ4v) is 3.83. The van der Waals surface area contributed by atoms with Crippen molar-refractivity contribution in [3.63, 3.8) is 0 Å². The Morgan fingerprint density at radius 1 is 0.868 bits per heavy atom. The molecule has 0 spiro atoms. The van der Waals surface area contributed by atoms with E-state index in [0.29, 0.717) is 28.1 Å². The average molecular weight is 686 g/mol. The second-order valence-corrected chi connectivity index (χ2v) is 8.60. The quantitative estimate of drug-likeness (QED) is 0.176. The van der Waals surface area contributed by atoms with E-state index >= 15 is 0 Å². The van der Waals surface area contributed by atoms with E-state index in [9.17, 15) is 0 Å². The SMILES string of the molecule is [2H]C([2H])([2H])c1c[c-]c(-c2ccc(C([2H])([2H])[2H])cn2)cc1.[2H]C([2H])([2H])c1ccc2c(n1)oc1c(-c3cc(C([2H])(C)C)ccn3)[c-]ccc12.[Ir]. The van der Waals surface area contributed by atoms with Crippen molar-refractivity contribution in [1.29, 1.82) is 0 Å². The predicted molar refractivity (Wildman–Crippen MR) is 150 cm³/mol. The summed E-state index contributed by atoms with van der Waals surface area (Å²) >= 11 is 0. The van der Waals surface area contributed by atoms with Crippen molar-refractivity contribution in [2.75, 3.05) is 0 Å². The summed E-state index contributed by atoms with van der Waals surface area (Å²) in [4.78, 5) is 12.7. The molecule has 193 valence electrons. The summed E-state index contributed by atoms with van der Waals surface area (Å²) in [6.07, 6.45) is 2.97. The van der Waals surface area contributed by atoms with Crippen LogP contribution in [0, 0.1) is 32.7 Å². The van der Waals surface area contributed by atoms with Gasteiger partial charge in [0.15, 0.2) is 0 Å². The van der Waals surface area contributed by atoms with E-state index in [2.05, 4.69) is 27.1 Å². The fourth-order valence-electron chi connectivity index (χ4n) is 3.83. The molecule has 0 N–H and O–H groups in total. The van der Waals surface area contributed by atoms with Gasteiger partial charge in [0.25, 0.3) is 0 Å². The smallest absolute Gasteiger partial charge is 0.216 e. The third-order valence-corrected chi connectivity index (χ3v) is 5.74. The molecule has 4 heterocycles. The minimum Gasteiger partial charge on any atom is -0.486 e. The van der Waals surface area contributed by atoms with Gasteiger partial charge in [0.2, 0.25) is 5.71 Å². The van der Waals surface area contributed by atoms with Crippen molar-refractivity contribution in [3.8, 4) is 22.5 Å². The van der Waals surface area contributed by atoms with Crippen LogP contribution in [-0.4, -0.2) is 15.0 Å². The number of fused-ring (bicyclic) bond motifs is 3. The van der Waals surface area contributed by atoms with Gasteiger partial charge in [-0.15, -0.1) is 53.6 Å². The average Bonchev–Trinajstić information content (AvgIpc) is 3.38. The number of hydrogen-bond donors (Lipinski definition) is 0. The Labute approximate surface area is 251 Å². The van der Waals surface area contributed by atoms with Crippen LogP contribution in [0.5, 0.6) is 0 Å². The van der Waals surface area contributed by atoms with Gasteiger partial charge >= 0.3 is 0 Å². The van der Waals surface area contributed by atoms with E-state index in [0.717, 1.165) is 16.3 Å². The van der Waals surface area contributed by atoms with Gasteiger partial charge in [0.05, 0.1) is 5.58 Å². The molecule has 0 atom stereocenters. The van der Waals surface area contributed by atoms with Gasteiger partial charge in [-0.2, -0.15) is 0 Å². The standard InChI is InChI=1S/C20H17N2O.C13H12N.Ir/c1-12(2)14-9-10-21-18(11-14)17-6-4-5-15-16-8-7-13(3)22-20(16)23-19(15)17;1-10-3-6-12(7-4-10)13-8-5-11(2)9-14-13;/h4-5,7-12H,1-3H3;3-6,8-9H,1-2H3;/q2*-1;/i3D3,12D;1D3,2D3;. The summed E-state index contributed by atoms with van der Waals surface area (Å²) in [5, 5.41) is 1.56. The molecular formula is C33H29IrN3O-2. The molecule has 0 saturated carbocycles. The van der Waals surface area contributed by atoms with Gasteiger partial charge in [-0.3, -0.25) is 0 Å². The predicted octanol–water partition coefficient (Wildman–Crippen LogP) is 8.44. The molecule has 0 fully saturated rings. The molecule has 6 aromatic rings. The van der Waals surface area contributed by atoms with Crippen molar-refractivity contribution in [1.82, 2.24) is 15.0 Å². The minimum atomic E-state index is -2.29. The Kier molecular flexibility index (Phi) is 5.29. The number of pyridine rings is 3. The number of furan rings is 1. The number of benzene rings is 2. The summed E-state index contributed by atoms with van der Waals surface area (Å²) in [5.74, 6) is -0.754. The number of rotatable bonds is 3. The van der Waals surface area contributed by atoms with Crippen LogP contribution >= 0.6 is 0 Å². The molecule has 0 saturated heterocycles. The molecule has 4 aromatic heterocycles. The Morgan fingerprint density at radius 2 is 1.74 bits per heavy atom. The number of nitrogens with zero attached hydrogens (tertiary/aromatic N) is 3. The van der Waals surface area contributed by atoms with Crippen LogP contribution in [0.4, 0.5) is 0 Å². The van der Waals surface area contributed by atoms with Crippen molar-refractivity contribution >= 4 is 22.1 Å². The number of aryl methyl sites for hydroxylation is 3.